The predicted molar refractivity (Wildman–Crippen MR) is 87.1 cm³/mol. The molecule has 0 spiro atoms. The van der Waals surface area contributed by atoms with Gasteiger partial charge in [0.15, 0.2) is 11.5 Å². The molecule has 0 N–H and O–H groups in total. The van der Waals surface area contributed by atoms with E-state index in [2.05, 4.69) is 0 Å². The number of carbonyl (C=O) groups is 1. The van der Waals surface area contributed by atoms with E-state index in [4.69, 9.17) is 25.8 Å². The van der Waals surface area contributed by atoms with Crippen molar-refractivity contribution in [2.45, 2.75) is 33.2 Å². The quantitative estimate of drug-likeness (QED) is 0.776. The van der Waals surface area contributed by atoms with Crippen molar-refractivity contribution in [1.82, 2.24) is 0 Å². The molecule has 3 rings (SSSR count). The Balaban J connectivity index is 1.87. The van der Waals surface area contributed by atoms with Crippen LogP contribution in [0.3, 0.4) is 0 Å². The Kier molecular flexibility index (Phi) is 3.94. The van der Waals surface area contributed by atoms with Gasteiger partial charge in [-0.15, -0.1) is 0 Å². The van der Waals surface area contributed by atoms with Gasteiger partial charge in [-0.05, 0) is 30.7 Å². The van der Waals surface area contributed by atoms with Gasteiger partial charge < -0.3 is 14.2 Å². The Labute approximate surface area is 139 Å². The number of hydrogen-bond donors (Lipinski definition) is 0. The minimum absolute atomic E-state index is 0.286. The lowest BCUT2D eigenvalue weighted by atomic mass is 10.1. The highest BCUT2D eigenvalue weighted by Gasteiger charge is 2.35. The summed E-state index contributed by atoms with van der Waals surface area (Å²) in [5.41, 5.74) is 2.31. The zero-order valence-corrected chi connectivity index (χ0v) is 13.9. The molecular formula is C18H17ClO4. The number of ether oxygens (including phenoxy) is 3. The lowest BCUT2D eigenvalue weighted by Gasteiger charge is -2.32. The van der Waals surface area contributed by atoms with Crippen LogP contribution >= 0.6 is 11.6 Å². The molecule has 0 unspecified atom stereocenters. The summed E-state index contributed by atoms with van der Waals surface area (Å²) in [5.74, 6) is -0.554. The van der Waals surface area contributed by atoms with Crippen molar-refractivity contribution < 1.29 is 19.0 Å². The predicted octanol–water partition coefficient (Wildman–Crippen LogP) is 4.51. The van der Waals surface area contributed by atoms with E-state index in [1.165, 1.54) is 0 Å². The van der Waals surface area contributed by atoms with Crippen molar-refractivity contribution in [2.75, 3.05) is 0 Å². The van der Waals surface area contributed by atoms with Gasteiger partial charge in [0, 0.05) is 24.4 Å². The van der Waals surface area contributed by atoms with Crippen molar-refractivity contribution in [3.8, 4) is 11.5 Å². The van der Waals surface area contributed by atoms with E-state index in [9.17, 15) is 4.79 Å². The van der Waals surface area contributed by atoms with Gasteiger partial charge in [0.05, 0.1) is 0 Å². The molecule has 23 heavy (non-hydrogen) atoms. The highest BCUT2D eigenvalue weighted by atomic mass is 35.5. The molecule has 0 atom stereocenters. The number of rotatable bonds is 3. The molecule has 0 aliphatic carbocycles. The fraction of sp³-hybridized carbons (Fsp3) is 0.278. The van der Waals surface area contributed by atoms with E-state index in [1.54, 1.807) is 32.0 Å². The van der Waals surface area contributed by atoms with Crippen LogP contribution < -0.4 is 9.47 Å². The molecule has 120 valence electrons. The average Bonchev–Trinajstić information content (AvgIpc) is 2.45. The number of aryl methyl sites for hydroxylation is 1. The summed E-state index contributed by atoms with van der Waals surface area (Å²) in [6.45, 7) is 5.63. The summed E-state index contributed by atoms with van der Waals surface area (Å²) >= 11 is 6.22. The van der Waals surface area contributed by atoms with Gasteiger partial charge in [0.1, 0.15) is 12.2 Å². The fourth-order valence-electron chi connectivity index (χ4n) is 2.37. The van der Waals surface area contributed by atoms with E-state index in [1.807, 2.05) is 25.1 Å². The van der Waals surface area contributed by atoms with Crippen LogP contribution in [-0.2, 0) is 11.3 Å². The summed E-state index contributed by atoms with van der Waals surface area (Å²) in [7, 11) is 0. The van der Waals surface area contributed by atoms with Gasteiger partial charge in [-0.3, -0.25) is 0 Å². The third kappa shape index (κ3) is 3.27. The lowest BCUT2D eigenvalue weighted by Crippen LogP contribution is -2.39. The van der Waals surface area contributed by atoms with Gasteiger partial charge >= 0.3 is 5.97 Å². The SMILES string of the molecule is Cc1ccc(COc2cccc3c2OC(C)(C)OC3=O)c(Cl)c1. The molecular weight excluding hydrogens is 316 g/mol. The maximum atomic E-state index is 12.0. The van der Waals surface area contributed by atoms with Crippen molar-refractivity contribution >= 4 is 17.6 Å². The van der Waals surface area contributed by atoms with Crippen LogP contribution in [0, 0.1) is 6.92 Å². The number of carbonyl (C=O) groups excluding carboxylic acids is 1. The second-order valence-electron chi connectivity index (χ2n) is 5.91. The van der Waals surface area contributed by atoms with Crippen molar-refractivity contribution in [2.24, 2.45) is 0 Å². The topological polar surface area (TPSA) is 44.8 Å². The van der Waals surface area contributed by atoms with Crippen molar-refractivity contribution in [1.29, 1.82) is 0 Å². The maximum Gasteiger partial charge on any atom is 0.345 e. The van der Waals surface area contributed by atoms with E-state index in [0.717, 1.165) is 11.1 Å². The number of benzene rings is 2. The molecule has 0 bridgehead atoms. The first kappa shape index (κ1) is 15.7. The normalized spacial score (nSPS) is 15.4. The summed E-state index contributed by atoms with van der Waals surface area (Å²) in [6.07, 6.45) is 0. The third-order valence-corrected chi connectivity index (χ3v) is 3.83. The minimum atomic E-state index is -1.02. The fourth-order valence-corrected chi connectivity index (χ4v) is 2.65. The summed E-state index contributed by atoms with van der Waals surface area (Å²) in [6, 6.07) is 10.9. The summed E-state index contributed by atoms with van der Waals surface area (Å²) < 4.78 is 16.8. The van der Waals surface area contributed by atoms with Crippen LogP contribution in [0.4, 0.5) is 0 Å². The molecule has 0 saturated heterocycles. The third-order valence-electron chi connectivity index (χ3n) is 3.48. The standard InChI is InChI=1S/C18H17ClO4/c1-11-7-8-12(14(19)9-11)10-21-15-6-4-5-13-16(15)22-18(2,3)23-17(13)20/h4-9H,10H2,1-3H3. The minimum Gasteiger partial charge on any atom is -0.485 e. The molecule has 1 heterocycles. The van der Waals surface area contributed by atoms with Gasteiger partial charge in [-0.1, -0.05) is 29.8 Å². The molecule has 2 aromatic carbocycles. The van der Waals surface area contributed by atoms with E-state index >= 15 is 0 Å². The molecule has 1 aliphatic rings. The Morgan fingerprint density at radius 1 is 1.17 bits per heavy atom. The van der Waals surface area contributed by atoms with Gasteiger partial charge in [0.2, 0.25) is 5.79 Å². The van der Waals surface area contributed by atoms with Crippen LogP contribution in [-0.4, -0.2) is 11.8 Å². The van der Waals surface area contributed by atoms with Crippen molar-refractivity contribution in [3.05, 3.63) is 58.1 Å². The molecule has 4 nitrogen and oxygen atoms in total. The maximum absolute atomic E-state index is 12.0. The zero-order valence-electron chi connectivity index (χ0n) is 13.2. The smallest absolute Gasteiger partial charge is 0.345 e. The van der Waals surface area contributed by atoms with Crippen LogP contribution in [0.25, 0.3) is 0 Å². The molecule has 0 amide bonds. The van der Waals surface area contributed by atoms with Crippen LogP contribution in [0.1, 0.15) is 35.3 Å². The number of hydrogen-bond acceptors (Lipinski definition) is 4. The second kappa shape index (κ2) is 5.78. The van der Waals surface area contributed by atoms with Crippen LogP contribution in [0.2, 0.25) is 5.02 Å². The highest BCUT2D eigenvalue weighted by Crippen LogP contribution is 2.39. The zero-order chi connectivity index (χ0) is 16.6. The highest BCUT2D eigenvalue weighted by molar-refractivity contribution is 6.31. The second-order valence-corrected chi connectivity index (χ2v) is 6.31. The molecule has 5 heteroatoms. The molecule has 0 fully saturated rings. The van der Waals surface area contributed by atoms with E-state index in [-0.39, 0.29) is 6.61 Å². The number of para-hydroxylation sites is 1. The molecule has 0 aromatic heterocycles. The first-order valence-corrected chi connectivity index (χ1v) is 7.67. The average molecular weight is 333 g/mol. The van der Waals surface area contributed by atoms with Gasteiger partial charge in [-0.25, -0.2) is 4.79 Å². The number of esters is 1. The molecule has 0 radical (unpaired) electrons. The van der Waals surface area contributed by atoms with E-state index < -0.39 is 11.8 Å². The lowest BCUT2D eigenvalue weighted by molar-refractivity contribution is -0.128. The Morgan fingerprint density at radius 2 is 1.96 bits per heavy atom. The van der Waals surface area contributed by atoms with Gasteiger partial charge in [0.25, 0.3) is 0 Å². The van der Waals surface area contributed by atoms with Crippen molar-refractivity contribution in [3.63, 3.8) is 0 Å². The molecule has 1 aliphatic heterocycles. The van der Waals surface area contributed by atoms with Crippen LogP contribution in [0.15, 0.2) is 36.4 Å². The van der Waals surface area contributed by atoms with Crippen LogP contribution in [0.5, 0.6) is 11.5 Å². The largest absolute Gasteiger partial charge is 0.485 e. The number of cyclic esters (lactones) is 1. The number of halogens is 1. The summed E-state index contributed by atoms with van der Waals surface area (Å²) in [4.78, 5) is 12.0. The Hall–Kier alpha value is -2.20. The molecule has 2 aromatic rings. The van der Waals surface area contributed by atoms with Gasteiger partial charge in [-0.2, -0.15) is 0 Å². The Bertz CT molecular complexity index is 768. The Morgan fingerprint density at radius 3 is 2.70 bits per heavy atom. The first-order chi connectivity index (χ1) is 10.9. The monoisotopic (exact) mass is 332 g/mol. The summed E-state index contributed by atoms with van der Waals surface area (Å²) in [5, 5.41) is 0.649. The molecule has 0 saturated carbocycles. The van der Waals surface area contributed by atoms with E-state index in [0.29, 0.717) is 22.1 Å². The first-order valence-electron chi connectivity index (χ1n) is 7.29. The number of fused-ring (bicyclic) bond motifs is 1.